The van der Waals surface area contributed by atoms with Crippen molar-refractivity contribution in [1.82, 2.24) is 4.98 Å². The highest BCUT2D eigenvalue weighted by Gasteiger charge is 2.10. The van der Waals surface area contributed by atoms with Crippen LogP contribution in [0, 0.1) is 6.92 Å². The number of fused-ring (bicyclic) bond motifs is 1. The second-order valence-electron chi connectivity index (χ2n) is 3.26. The number of halogens is 2. The number of rotatable bonds is 1. The van der Waals surface area contributed by atoms with E-state index in [9.17, 15) is 0 Å². The van der Waals surface area contributed by atoms with Crippen LogP contribution in [0.3, 0.4) is 0 Å². The molecule has 0 amide bonds. The van der Waals surface area contributed by atoms with Gasteiger partial charge in [-0.1, -0.05) is 15.9 Å². The fourth-order valence-corrected chi connectivity index (χ4v) is 2.56. The number of aryl methyl sites for hydroxylation is 1. The van der Waals surface area contributed by atoms with Crippen molar-refractivity contribution < 1.29 is 4.74 Å². The smallest absolute Gasteiger partial charge is 0.148 e. The highest BCUT2D eigenvalue weighted by atomic mass is 79.9. The van der Waals surface area contributed by atoms with Gasteiger partial charge in [-0.05, 0) is 40.5 Å². The summed E-state index contributed by atoms with van der Waals surface area (Å²) < 4.78 is 7.35. The molecule has 1 aromatic carbocycles. The van der Waals surface area contributed by atoms with Gasteiger partial charge < -0.3 is 4.74 Å². The molecule has 78 valence electrons. The maximum Gasteiger partial charge on any atom is 0.148 e. The van der Waals surface area contributed by atoms with Crippen molar-refractivity contribution in [2.24, 2.45) is 0 Å². The van der Waals surface area contributed by atoms with Gasteiger partial charge in [0.15, 0.2) is 0 Å². The van der Waals surface area contributed by atoms with Crippen molar-refractivity contribution in [3.8, 4) is 5.75 Å². The largest absolute Gasteiger partial charge is 0.494 e. The fourth-order valence-electron chi connectivity index (χ4n) is 1.58. The van der Waals surface area contributed by atoms with E-state index in [1.54, 1.807) is 13.3 Å². The lowest BCUT2D eigenvalue weighted by molar-refractivity contribution is 0.416. The van der Waals surface area contributed by atoms with E-state index in [2.05, 4.69) is 36.8 Å². The molecule has 1 heterocycles. The third-order valence-electron chi connectivity index (χ3n) is 2.23. The summed E-state index contributed by atoms with van der Waals surface area (Å²) in [6, 6.07) is 4.06. The number of aromatic nitrogens is 1. The van der Waals surface area contributed by atoms with E-state index in [1.807, 2.05) is 19.1 Å². The molecule has 0 atom stereocenters. The van der Waals surface area contributed by atoms with E-state index in [4.69, 9.17) is 4.74 Å². The van der Waals surface area contributed by atoms with Gasteiger partial charge in [0.2, 0.25) is 0 Å². The Hall–Kier alpha value is -0.610. The Labute approximate surface area is 105 Å². The Bertz CT molecular complexity index is 525. The van der Waals surface area contributed by atoms with Gasteiger partial charge in [-0.15, -0.1) is 0 Å². The quantitative estimate of drug-likeness (QED) is 0.786. The first-order valence-corrected chi connectivity index (χ1v) is 6.00. The zero-order valence-corrected chi connectivity index (χ0v) is 11.5. The van der Waals surface area contributed by atoms with Crippen LogP contribution in [-0.2, 0) is 0 Å². The molecule has 4 heteroatoms. The molecule has 2 aromatic rings. The molecular formula is C11H9Br2NO. The first-order valence-electron chi connectivity index (χ1n) is 4.42. The Kier molecular flexibility index (Phi) is 2.98. The van der Waals surface area contributed by atoms with Crippen molar-refractivity contribution in [2.45, 2.75) is 6.92 Å². The third kappa shape index (κ3) is 1.88. The molecule has 0 radical (unpaired) electrons. The second-order valence-corrected chi connectivity index (χ2v) is 5.03. The minimum Gasteiger partial charge on any atom is -0.494 e. The summed E-state index contributed by atoms with van der Waals surface area (Å²) in [5.74, 6) is 0.834. The molecule has 0 saturated carbocycles. The molecule has 0 bridgehead atoms. The van der Waals surface area contributed by atoms with Crippen LogP contribution in [0.5, 0.6) is 5.75 Å². The summed E-state index contributed by atoms with van der Waals surface area (Å²) in [7, 11) is 1.67. The molecule has 0 aliphatic heterocycles. The number of hydrogen-bond acceptors (Lipinski definition) is 2. The first kappa shape index (κ1) is 10.9. The number of methoxy groups -OCH3 is 1. The average molecular weight is 331 g/mol. The van der Waals surface area contributed by atoms with Crippen molar-refractivity contribution in [1.29, 1.82) is 0 Å². The van der Waals surface area contributed by atoms with Crippen LogP contribution >= 0.6 is 31.9 Å². The topological polar surface area (TPSA) is 22.1 Å². The molecule has 1 aromatic heterocycles. The Morgan fingerprint density at radius 2 is 2.00 bits per heavy atom. The molecule has 15 heavy (non-hydrogen) atoms. The molecule has 2 nitrogen and oxygen atoms in total. The lowest BCUT2D eigenvalue weighted by Crippen LogP contribution is -1.92. The Morgan fingerprint density at radius 1 is 1.27 bits per heavy atom. The second kappa shape index (κ2) is 4.10. The zero-order valence-electron chi connectivity index (χ0n) is 8.34. The van der Waals surface area contributed by atoms with Crippen LogP contribution in [0.15, 0.2) is 27.3 Å². The molecule has 0 aliphatic rings. The summed E-state index contributed by atoms with van der Waals surface area (Å²) >= 11 is 6.94. The number of benzene rings is 1. The van der Waals surface area contributed by atoms with E-state index in [0.717, 1.165) is 31.2 Å². The van der Waals surface area contributed by atoms with E-state index in [1.165, 1.54) is 0 Å². The fraction of sp³-hybridized carbons (Fsp3) is 0.182. The molecule has 0 N–H and O–H groups in total. The van der Waals surface area contributed by atoms with Gasteiger partial charge in [0, 0.05) is 20.5 Å². The Balaban J connectivity index is 2.90. The van der Waals surface area contributed by atoms with Crippen molar-refractivity contribution in [2.75, 3.05) is 7.11 Å². The summed E-state index contributed by atoms with van der Waals surface area (Å²) in [6.45, 7) is 2.01. The normalized spacial score (nSPS) is 10.7. The van der Waals surface area contributed by atoms with E-state index in [0.29, 0.717) is 0 Å². The summed E-state index contributed by atoms with van der Waals surface area (Å²) in [6.07, 6.45) is 1.77. The predicted octanol–water partition coefficient (Wildman–Crippen LogP) is 4.08. The van der Waals surface area contributed by atoms with Gasteiger partial charge in [-0.2, -0.15) is 0 Å². The summed E-state index contributed by atoms with van der Waals surface area (Å²) in [4.78, 5) is 4.37. The van der Waals surface area contributed by atoms with Crippen molar-refractivity contribution in [3.05, 3.63) is 32.8 Å². The lowest BCUT2D eigenvalue weighted by atomic mass is 10.1. The highest BCUT2D eigenvalue weighted by Crippen LogP contribution is 2.34. The highest BCUT2D eigenvalue weighted by molar-refractivity contribution is 9.11. The van der Waals surface area contributed by atoms with E-state index < -0.39 is 0 Å². The number of nitrogens with zero attached hydrogens (tertiary/aromatic N) is 1. The first-order chi connectivity index (χ1) is 7.13. The van der Waals surface area contributed by atoms with Gasteiger partial charge in [0.25, 0.3) is 0 Å². The molecule has 2 rings (SSSR count). The minimum atomic E-state index is 0.834. The molecule has 0 unspecified atom stereocenters. The van der Waals surface area contributed by atoms with Crippen LogP contribution in [0.2, 0.25) is 0 Å². The average Bonchev–Trinajstić information content (AvgIpc) is 2.19. The van der Waals surface area contributed by atoms with Crippen LogP contribution < -0.4 is 4.74 Å². The van der Waals surface area contributed by atoms with Crippen LogP contribution in [0.1, 0.15) is 5.56 Å². The van der Waals surface area contributed by atoms with Gasteiger partial charge in [-0.25, -0.2) is 0 Å². The van der Waals surface area contributed by atoms with E-state index >= 15 is 0 Å². The maximum absolute atomic E-state index is 5.35. The summed E-state index contributed by atoms with van der Waals surface area (Å²) in [5.41, 5.74) is 1.96. The molecule has 0 fully saturated rings. The van der Waals surface area contributed by atoms with Crippen molar-refractivity contribution >= 4 is 42.8 Å². The Morgan fingerprint density at radius 3 is 2.67 bits per heavy atom. The van der Waals surface area contributed by atoms with Gasteiger partial charge in [0.05, 0.1) is 7.11 Å². The number of pyridine rings is 1. The molecule has 0 aliphatic carbocycles. The van der Waals surface area contributed by atoms with Crippen molar-refractivity contribution in [3.63, 3.8) is 0 Å². The zero-order chi connectivity index (χ0) is 11.0. The van der Waals surface area contributed by atoms with Gasteiger partial charge in [-0.3, -0.25) is 4.98 Å². The van der Waals surface area contributed by atoms with Crippen LogP contribution in [0.4, 0.5) is 0 Å². The van der Waals surface area contributed by atoms with Gasteiger partial charge in [0.1, 0.15) is 11.3 Å². The summed E-state index contributed by atoms with van der Waals surface area (Å²) in [5, 5.41) is 1.05. The standard InChI is InChI=1S/C11H9Br2NO/c1-6-3-9(13)8-4-7(12)5-14-10(8)11(6)15-2/h3-5H,1-2H3. The van der Waals surface area contributed by atoms with Crippen LogP contribution in [0.25, 0.3) is 10.9 Å². The third-order valence-corrected chi connectivity index (χ3v) is 3.32. The molecule has 0 saturated heterocycles. The van der Waals surface area contributed by atoms with E-state index in [-0.39, 0.29) is 0 Å². The number of ether oxygens (including phenoxy) is 1. The SMILES string of the molecule is COc1c(C)cc(Br)c2cc(Br)cnc12. The number of hydrogen-bond donors (Lipinski definition) is 0. The maximum atomic E-state index is 5.35. The lowest BCUT2D eigenvalue weighted by Gasteiger charge is -2.09. The monoisotopic (exact) mass is 329 g/mol. The molecule has 0 spiro atoms. The van der Waals surface area contributed by atoms with Crippen LogP contribution in [-0.4, -0.2) is 12.1 Å². The minimum absolute atomic E-state index is 0.834. The predicted molar refractivity (Wildman–Crippen MR) is 68.4 cm³/mol. The molecular weight excluding hydrogens is 322 g/mol. The van der Waals surface area contributed by atoms with Gasteiger partial charge >= 0.3 is 0 Å².